The van der Waals surface area contributed by atoms with Crippen LogP contribution in [0, 0.1) is 109 Å². The fourth-order valence-electron chi connectivity index (χ4n) is 22.2. The Kier molecular flexibility index (Phi) is 36.1. The molecule has 0 radical (unpaired) electrons. The first-order valence-corrected chi connectivity index (χ1v) is 49.3. The van der Waals surface area contributed by atoms with Crippen molar-refractivity contribution in [1.29, 1.82) is 0 Å². The van der Waals surface area contributed by atoms with Gasteiger partial charge in [-0.25, -0.2) is 19.2 Å². The smallest absolute Gasteiger partial charge is 0.347 e. The van der Waals surface area contributed by atoms with E-state index in [1.54, 1.807) is 41.5 Å². The number of carbonyl (C=O) groups is 13. The predicted molar refractivity (Wildman–Crippen MR) is 476 cm³/mol. The number of hydrogen-bond acceptors (Lipinski definition) is 30. The predicted octanol–water partition coefficient (Wildman–Crippen LogP) is 15.4. The molecule has 131 heavy (non-hydrogen) atoms. The van der Waals surface area contributed by atoms with Crippen molar-refractivity contribution in [3.8, 4) is 0 Å². The third-order valence-corrected chi connectivity index (χ3v) is 32.0. The van der Waals surface area contributed by atoms with Crippen LogP contribution >= 0.6 is 0 Å². The van der Waals surface area contributed by atoms with Gasteiger partial charge in [0.25, 0.3) is 0 Å². The Hall–Kier alpha value is -7.05. The van der Waals surface area contributed by atoms with E-state index in [9.17, 15) is 72.5 Å². The number of fused-ring (bicyclic) bond motifs is 2. The fraction of sp³-hybridized carbons (Fsp3) is 0.871. The number of ether oxygens (including phenoxy) is 15. The van der Waals surface area contributed by atoms with E-state index in [1.165, 1.54) is 25.7 Å². The first kappa shape index (κ1) is 108. The highest BCUT2D eigenvalue weighted by molar-refractivity contribution is 5.84. The molecule has 30 nitrogen and oxygen atoms in total. The van der Waals surface area contributed by atoms with Gasteiger partial charge in [-0.2, -0.15) is 0 Å². The van der Waals surface area contributed by atoms with Gasteiger partial charge >= 0.3 is 77.6 Å². The Balaban J connectivity index is 0.000000174. The van der Waals surface area contributed by atoms with Gasteiger partial charge in [0.2, 0.25) is 6.10 Å². The van der Waals surface area contributed by atoms with Crippen LogP contribution in [0.15, 0.2) is 0 Å². The maximum absolute atomic E-state index is 12.1. The summed E-state index contributed by atoms with van der Waals surface area (Å²) in [7, 11) is 0. The lowest BCUT2D eigenvalue weighted by Gasteiger charge is -2.59. The van der Waals surface area contributed by atoms with E-state index in [-0.39, 0.29) is 162 Å². The van der Waals surface area contributed by atoms with Crippen LogP contribution in [0.3, 0.4) is 0 Å². The lowest BCUT2D eigenvalue weighted by Crippen LogP contribution is -2.57. The highest BCUT2D eigenvalue weighted by atomic mass is 16.8. The minimum Gasteiger partial charge on any atom is -0.463 e. The number of cyclic esters (lactones) is 1. The molecule has 0 aromatic rings. The van der Waals surface area contributed by atoms with E-state index in [0.29, 0.717) is 94.0 Å². The third kappa shape index (κ3) is 27.5. The number of carbonyl (C=O) groups excluding carboxylic acids is 13. The Labute approximate surface area is 777 Å². The van der Waals surface area contributed by atoms with Gasteiger partial charge in [-0.3, -0.25) is 43.2 Å². The van der Waals surface area contributed by atoms with Crippen molar-refractivity contribution >= 4 is 77.6 Å². The lowest BCUT2D eigenvalue weighted by molar-refractivity contribution is -0.189. The van der Waals surface area contributed by atoms with Crippen LogP contribution < -0.4 is 0 Å². The van der Waals surface area contributed by atoms with Gasteiger partial charge < -0.3 is 81.3 Å². The van der Waals surface area contributed by atoms with Crippen molar-refractivity contribution < 1.29 is 144 Å². The summed E-state index contributed by atoms with van der Waals surface area (Å²) in [5.74, 6) is -1.59. The van der Waals surface area contributed by atoms with E-state index >= 15 is 0 Å². The second-order valence-corrected chi connectivity index (χ2v) is 45.0. The largest absolute Gasteiger partial charge is 0.463 e. The average molecular weight is 1850 g/mol. The molecule has 18 atom stereocenters. The lowest BCUT2D eigenvalue weighted by atomic mass is 9.48. The van der Waals surface area contributed by atoms with Gasteiger partial charge in [-0.05, 0) is 287 Å². The van der Waals surface area contributed by atoms with Crippen molar-refractivity contribution in [2.75, 3.05) is 52.9 Å². The summed E-state index contributed by atoms with van der Waals surface area (Å²) in [6, 6.07) is 0. The van der Waals surface area contributed by atoms with Crippen molar-refractivity contribution in [3.63, 3.8) is 0 Å². The molecule has 2 N–H and O–H groups in total. The summed E-state index contributed by atoms with van der Waals surface area (Å²) in [6.07, 6.45) is 24.3. The van der Waals surface area contributed by atoms with Gasteiger partial charge in [-0.1, -0.05) is 69.2 Å². The minimum atomic E-state index is -0.687. The van der Waals surface area contributed by atoms with Gasteiger partial charge in [0.05, 0.1) is 88.4 Å². The molecule has 13 saturated carbocycles. The number of esters is 13. The molecule has 0 aromatic heterocycles. The fourth-order valence-corrected chi connectivity index (χ4v) is 22.2. The zero-order valence-electron chi connectivity index (χ0n) is 82.9. The SMILES string of the molecule is CCC(C)(C)C(=O)OC1C2CC3C(=O)OC1C3C2.CCC(C)(C)C(=O)OC1CCOC1=O.CCC(C)(C)C(=O)OCC(=O)OC1C2CC3C(=O)OC1C3C2.CCC(C)(C)C(=O)OCC1COC(C)(C)O1.CCC(C)C(=O)OCC(=O)OCC12CC3CC(CC(O)(C3)C1)C2.CCC(C)C(=O)OCC(=O)OCC12CC3CC(CC(O)(C3)C1)C2.CCC1(OC(=O)C(C)(C)CC)CCCC1. The van der Waals surface area contributed by atoms with Crippen LogP contribution in [0.5, 0.6) is 0 Å². The molecule has 17 aliphatic rings. The molecule has 4 saturated heterocycles. The van der Waals surface area contributed by atoms with Crippen LogP contribution in [-0.2, 0) is 133 Å². The molecule has 12 bridgehead atoms. The van der Waals surface area contributed by atoms with E-state index in [0.717, 1.165) is 128 Å². The Morgan fingerprint density at radius 1 is 0.450 bits per heavy atom. The number of aliphatic hydroxyl groups is 2. The molecule has 4 heterocycles. The summed E-state index contributed by atoms with van der Waals surface area (Å²) >= 11 is 0. The highest BCUT2D eigenvalue weighted by Crippen LogP contribution is 2.64. The van der Waals surface area contributed by atoms with Crippen molar-refractivity contribution in [2.24, 2.45) is 109 Å². The topological polar surface area (TPSA) is 401 Å². The molecule has 0 spiro atoms. The van der Waals surface area contributed by atoms with Crippen molar-refractivity contribution in [3.05, 3.63) is 0 Å². The second-order valence-electron chi connectivity index (χ2n) is 45.0. The van der Waals surface area contributed by atoms with Crippen LogP contribution in [0.1, 0.15) is 339 Å². The van der Waals surface area contributed by atoms with E-state index in [4.69, 9.17) is 71.1 Å². The minimum absolute atomic E-state index is 0.00636. The Bertz CT molecular complexity index is 3880. The molecular formula is C101H160O30. The van der Waals surface area contributed by atoms with Crippen LogP contribution in [0.2, 0.25) is 0 Å². The summed E-state index contributed by atoms with van der Waals surface area (Å²) in [4.78, 5) is 152. The van der Waals surface area contributed by atoms with Gasteiger partial charge in [-0.15, -0.1) is 0 Å². The molecule has 18 unspecified atom stereocenters. The van der Waals surface area contributed by atoms with Gasteiger partial charge in [0, 0.05) is 40.9 Å². The normalized spacial score (nSPS) is 33.0. The molecule has 17 rings (SSSR count). The standard InChI is InChI=1S/2C18H28O5.C16H22O6.C14H20O4.C13H24O2.C12H22O4.C10H16O4/c2*1-3-12(2)16(20)22-9-15(19)23-11-17-5-13-4-14(6-17)8-18(21,7-13)10-17;1-4-16(2,3)15(19)20-7-11(17)21-12-8-5-9-10(6-8)14(18)22-13(9)12;1-4-14(2,3)13(16)18-10-7-5-8-9(6-7)12(15)17-11(8)10;1-5-12(3,4)11(14)15-13(6-2)9-7-8-10-13;1-6-11(2,3)10(13)14-7-9-8-15-12(4,5)16-9;1-4-10(2,3)9(12)14-7-5-6-13-8(7)11/h2*12-14,21H,3-11H2,1-2H3;8-10,12-13H,4-7H2,1-3H3;7-11H,4-6H2,1-3H3;5-10H2,1-4H3;9H,6-8H2,1-5H3;7H,4-6H2,1-3H3. The molecule has 4 aliphatic heterocycles. The molecule has 17 fully saturated rings. The second kappa shape index (κ2) is 44.0. The third-order valence-electron chi connectivity index (χ3n) is 32.0. The summed E-state index contributed by atoms with van der Waals surface area (Å²) in [5, 5.41) is 21.4. The number of hydrogen-bond donors (Lipinski definition) is 2. The zero-order chi connectivity index (χ0) is 97.2. The zero-order valence-corrected chi connectivity index (χ0v) is 82.9. The Morgan fingerprint density at radius 3 is 1.21 bits per heavy atom. The summed E-state index contributed by atoms with van der Waals surface area (Å²) < 4.78 is 79.3. The molecule has 0 amide bonds. The first-order chi connectivity index (χ1) is 61.1. The van der Waals surface area contributed by atoms with E-state index in [2.05, 4.69) is 6.92 Å². The first-order valence-electron chi connectivity index (χ1n) is 49.3. The van der Waals surface area contributed by atoms with Crippen molar-refractivity contribution in [2.45, 2.75) is 398 Å². The van der Waals surface area contributed by atoms with E-state index in [1.807, 2.05) is 104 Å². The van der Waals surface area contributed by atoms with Crippen molar-refractivity contribution in [1.82, 2.24) is 0 Å². The molecule has 744 valence electrons. The summed E-state index contributed by atoms with van der Waals surface area (Å²) in [5.41, 5.74) is -3.68. The molecule has 13 aliphatic carbocycles. The van der Waals surface area contributed by atoms with Crippen LogP contribution in [-0.4, -0.2) is 200 Å². The maximum atomic E-state index is 12.1. The molecular weight excluding hydrogens is 1690 g/mol. The van der Waals surface area contributed by atoms with E-state index < -0.39 is 74.6 Å². The van der Waals surface area contributed by atoms with Gasteiger partial charge in [0.1, 0.15) is 42.7 Å². The molecule has 0 aromatic carbocycles. The highest BCUT2D eigenvalue weighted by Gasteiger charge is 2.66. The van der Waals surface area contributed by atoms with Crippen LogP contribution in [0.4, 0.5) is 0 Å². The molecule has 30 heteroatoms. The average Bonchev–Trinajstić information content (AvgIpc) is 1.46. The quantitative estimate of drug-likeness (QED) is 0.0481. The summed E-state index contributed by atoms with van der Waals surface area (Å²) in [6.45, 7) is 42.4. The monoisotopic (exact) mass is 1850 g/mol. The van der Waals surface area contributed by atoms with Crippen LogP contribution in [0.25, 0.3) is 0 Å². The maximum Gasteiger partial charge on any atom is 0.347 e. The van der Waals surface area contributed by atoms with Gasteiger partial charge in [0.15, 0.2) is 25.6 Å². The Morgan fingerprint density at radius 2 is 0.840 bits per heavy atom. The number of rotatable bonds is 31.